The fraction of sp³-hybridized carbons (Fsp3) is 0. The van der Waals surface area contributed by atoms with Crippen molar-refractivity contribution in [3.8, 4) is 11.1 Å². The van der Waals surface area contributed by atoms with Gasteiger partial charge in [0, 0.05) is 11.4 Å². The highest BCUT2D eigenvalue weighted by Crippen LogP contribution is 2.22. The standard InChI is InChI=1S/C19H16N2S/c20-17-10-16(11-18(21)12-17)19(22)15-8-6-14(7-9-15)13-4-2-1-3-5-13/h1-12H,20-21H2. The van der Waals surface area contributed by atoms with Crippen LogP contribution in [0.2, 0.25) is 0 Å². The predicted octanol–water partition coefficient (Wildman–Crippen LogP) is 4.28. The van der Waals surface area contributed by atoms with Crippen molar-refractivity contribution in [1.82, 2.24) is 0 Å². The van der Waals surface area contributed by atoms with Crippen molar-refractivity contribution in [2.24, 2.45) is 0 Å². The molecule has 0 fully saturated rings. The minimum absolute atomic E-state index is 0.623. The summed E-state index contributed by atoms with van der Waals surface area (Å²) in [5.74, 6) is 0. The van der Waals surface area contributed by atoms with Crippen molar-refractivity contribution in [2.45, 2.75) is 0 Å². The van der Waals surface area contributed by atoms with Gasteiger partial charge in [-0.3, -0.25) is 0 Å². The Kier molecular flexibility index (Phi) is 3.90. The van der Waals surface area contributed by atoms with E-state index in [-0.39, 0.29) is 0 Å². The Morgan fingerprint density at radius 1 is 0.636 bits per heavy atom. The van der Waals surface area contributed by atoms with Gasteiger partial charge in [0.1, 0.15) is 0 Å². The summed E-state index contributed by atoms with van der Waals surface area (Å²) in [5.41, 5.74) is 17.1. The summed E-state index contributed by atoms with van der Waals surface area (Å²) in [6.07, 6.45) is 0. The van der Waals surface area contributed by atoms with Gasteiger partial charge < -0.3 is 11.5 Å². The van der Waals surface area contributed by atoms with E-state index in [2.05, 4.69) is 24.3 Å². The van der Waals surface area contributed by atoms with Gasteiger partial charge in [0.25, 0.3) is 0 Å². The Hall–Kier alpha value is -2.65. The molecule has 0 spiro atoms. The molecule has 0 aliphatic heterocycles. The lowest BCUT2D eigenvalue weighted by molar-refractivity contribution is 1.58. The molecule has 0 radical (unpaired) electrons. The topological polar surface area (TPSA) is 52.0 Å². The molecule has 4 N–H and O–H groups in total. The van der Waals surface area contributed by atoms with Crippen LogP contribution in [0.25, 0.3) is 11.1 Å². The number of benzene rings is 3. The first kappa shape index (κ1) is 14.3. The summed E-state index contributed by atoms with van der Waals surface area (Å²) in [6.45, 7) is 0. The van der Waals surface area contributed by atoms with E-state index in [1.807, 2.05) is 42.5 Å². The van der Waals surface area contributed by atoms with Crippen LogP contribution in [0.15, 0.2) is 72.8 Å². The monoisotopic (exact) mass is 304 g/mol. The fourth-order valence-electron chi connectivity index (χ4n) is 2.42. The molecule has 0 saturated heterocycles. The van der Waals surface area contributed by atoms with Gasteiger partial charge in [-0.05, 0) is 40.5 Å². The molecule has 0 heterocycles. The average molecular weight is 304 g/mol. The second kappa shape index (κ2) is 6.00. The average Bonchev–Trinajstić information content (AvgIpc) is 2.54. The van der Waals surface area contributed by atoms with Gasteiger partial charge in [-0.15, -0.1) is 0 Å². The predicted molar refractivity (Wildman–Crippen MR) is 97.9 cm³/mol. The summed E-state index contributed by atoms with van der Waals surface area (Å²) in [4.78, 5) is 0.749. The van der Waals surface area contributed by atoms with Crippen molar-refractivity contribution in [3.05, 3.63) is 83.9 Å². The molecule has 3 aromatic carbocycles. The Bertz CT molecular complexity index is 788. The molecule has 0 bridgehead atoms. The lowest BCUT2D eigenvalue weighted by Gasteiger charge is -2.08. The minimum atomic E-state index is 0.623. The quantitative estimate of drug-likeness (QED) is 0.431. The van der Waals surface area contributed by atoms with Crippen LogP contribution in [0.4, 0.5) is 11.4 Å². The van der Waals surface area contributed by atoms with Crippen molar-refractivity contribution in [2.75, 3.05) is 11.5 Å². The maximum absolute atomic E-state index is 5.84. The molecule has 0 aliphatic rings. The summed E-state index contributed by atoms with van der Waals surface area (Å²) < 4.78 is 0. The van der Waals surface area contributed by atoms with Gasteiger partial charge in [0.2, 0.25) is 0 Å². The second-order valence-corrected chi connectivity index (χ2v) is 5.57. The summed E-state index contributed by atoms with van der Waals surface area (Å²) >= 11 is 5.56. The number of nitrogens with two attached hydrogens (primary N) is 2. The van der Waals surface area contributed by atoms with Gasteiger partial charge in [-0.1, -0.05) is 66.8 Å². The van der Waals surface area contributed by atoms with Gasteiger partial charge in [0.05, 0.1) is 4.86 Å². The zero-order valence-corrected chi connectivity index (χ0v) is 12.8. The first-order chi connectivity index (χ1) is 10.6. The molecular weight excluding hydrogens is 288 g/mol. The van der Waals surface area contributed by atoms with Crippen LogP contribution in [0, 0.1) is 0 Å². The van der Waals surface area contributed by atoms with E-state index in [4.69, 9.17) is 23.7 Å². The van der Waals surface area contributed by atoms with Crippen LogP contribution in [-0.2, 0) is 0 Å². The van der Waals surface area contributed by atoms with Crippen molar-refractivity contribution < 1.29 is 0 Å². The molecule has 0 aliphatic carbocycles. The molecule has 0 unspecified atom stereocenters. The molecule has 0 atom stereocenters. The van der Waals surface area contributed by atoms with Crippen LogP contribution >= 0.6 is 12.2 Å². The number of hydrogen-bond acceptors (Lipinski definition) is 3. The highest BCUT2D eigenvalue weighted by Gasteiger charge is 2.07. The third kappa shape index (κ3) is 3.00. The number of anilines is 2. The van der Waals surface area contributed by atoms with Crippen LogP contribution in [0.1, 0.15) is 11.1 Å². The highest BCUT2D eigenvalue weighted by molar-refractivity contribution is 7.81. The smallest absolute Gasteiger partial charge is 0.0523 e. The highest BCUT2D eigenvalue weighted by atomic mass is 32.1. The molecule has 3 rings (SSSR count). The number of nitrogen functional groups attached to an aromatic ring is 2. The van der Waals surface area contributed by atoms with E-state index in [1.165, 1.54) is 11.1 Å². The maximum Gasteiger partial charge on any atom is 0.0523 e. The Labute approximate surface area is 135 Å². The fourth-order valence-corrected chi connectivity index (χ4v) is 2.67. The lowest BCUT2D eigenvalue weighted by Crippen LogP contribution is -2.02. The van der Waals surface area contributed by atoms with E-state index in [1.54, 1.807) is 6.07 Å². The lowest BCUT2D eigenvalue weighted by atomic mass is 9.99. The van der Waals surface area contributed by atoms with Crippen LogP contribution in [0.3, 0.4) is 0 Å². The van der Waals surface area contributed by atoms with Crippen LogP contribution < -0.4 is 11.5 Å². The van der Waals surface area contributed by atoms with E-state index >= 15 is 0 Å². The number of thiocarbonyl (C=S) groups is 1. The molecule has 108 valence electrons. The van der Waals surface area contributed by atoms with E-state index in [9.17, 15) is 0 Å². The van der Waals surface area contributed by atoms with Crippen LogP contribution in [0.5, 0.6) is 0 Å². The number of rotatable bonds is 3. The summed E-state index contributed by atoms with van der Waals surface area (Å²) in [7, 11) is 0. The first-order valence-corrected chi connectivity index (χ1v) is 7.40. The van der Waals surface area contributed by atoms with E-state index in [0.717, 1.165) is 16.0 Å². The van der Waals surface area contributed by atoms with Gasteiger partial charge in [-0.25, -0.2) is 0 Å². The molecule has 3 heteroatoms. The summed E-state index contributed by atoms with van der Waals surface area (Å²) in [6, 6.07) is 23.9. The molecule has 0 saturated carbocycles. The third-order valence-corrected chi connectivity index (χ3v) is 3.97. The maximum atomic E-state index is 5.84. The normalized spacial score (nSPS) is 10.4. The third-order valence-electron chi connectivity index (χ3n) is 3.49. The van der Waals surface area contributed by atoms with Crippen LogP contribution in [-0.4, -0.2) is 4.86 Å². The molecule has 22 heavy (non-hydrogen) atoms. The largest absolute Gasteiger partial charge is 0.399 e. The Morgan fingerprint density at radius 2 is 1.18 bits per heavy atom. The Balaban J connectivity index is 1.91. The zero-order valence-electron chi connectivity index (χ0n) is 12.0. The summed E-state index contributed by atoms with van der Waals surface area (Å²) in [5, 5.41) is 0. The minimum Gasteiger partial charge on any atom is -0.399 e. The molecular formula is C19H16N2S. The number of hydrogen-bond donors (Lipinski definition) is 2. The van der Waals surface area contributed by atoms with E-state index < -0.39 is 0 Å². The van der Waals surface area contributed by atoms with Gasteiger partial charge >= 0.3 is 0 Å². The van der Waals surface area contributed by atoms with Gasteiger partial charge in [-0.2, -0.15) is 0 Å². The van der Waals surface area contributed by atoms with Gasteiger partial charge in [0.15, 0.2) is 0 Å². The molecule has 2 nitrogen and oxygen atoms in total. The molecule has 3 aromatic rings. The Morgan fingerprint density at radius 3 is 1.77 bits per heavy atom. The molecule has 0 amide bonds. The van der Waals surface area contributed by atoms with Crippen molar-refractivity contribution in [3.63, 3.8) is 0 Å². The van der Waals surface area contributed by atoms with Crippen molar-refractivity contribution in [1.29, 1.82) is 0 Å². The second-order valence-electron chi connectivity index (χ2n) is 5.16. The first-order valence-electron chi connectivity index (χ1n) is 7.00. The molecule has 0 aromatic heterocycles. The SMILES string of the molecule is Nc1cc(N)cc(C(=S)c2ccc(-c3ccccc3)cc2)c1. The zero-order chi connectivity index (χ0) is 15.5. The van der Waals surface area contributed by atoms with E-state index in [0.29, 0.717) is 11.4 Å². The van der Waals surface area contributed by atoms with Crippen molar-refractivity contribution >= 4 is 28.5 Å².